The second kappa shape index (κ2) is 8.12. The van der Waals surface area contributed by atoms with Gasteiger partial charge in [-0.2, -0.15) is 15.4 Å². The first-order valence-electron chi connectivity index (χ1n) is 9.04. The van der Waals surface area contributed by atoms with Crippen molar-refractivity contribution in [1.82, 2.24) is 25.6 Å². The molecule has 1 aromatic heterocycles. The number of rotatable bonds is 6. The fourth-order valence-electron chi connectivity index (χ4n) is 2.97. The first kappa shape index (κ1) is 14.2. The van der Waals surface area contributed by atoms with Gasteiger partial charge < -0.3 is 10.1 Å². The molecule has 0 saturated carbocycles. The lowest BCUT2D eigenvalue weighted by Gasteiger charge is -2.23. The second-order valence-electron chi connectivity index (χ2n) is 5.55. The van der Waals surface area contributed by atoms with Crippen LogP contribution in [0.1, 0.15) is 27.3 Å². The highest BCUT2D eigenvalue weighted by Crippen LogP contribution is 2.23. The number of nitrogens with zero attached hydrogens (tertiary/aromatic N) is 3. The van der Waals surface area contributed by atoms with Gasteiger partial charge in [0, 0.05) is 25.2 Å². The first-order chi connectivity index (χ1) is 12.4. The number of methoxy groups -OCH3 is 1. The molecule has 7 nitrogen and oxygen atoms in total. The lowest BCUT2D eigenvalue weighted by molar-refractivity contribution is 0.0939. The maximum atomic E-state index is 12.7. The summed E-state index contributed by atoms with van der Waals surface area (Å²) in [5.74, 6) is -0.446. The zero-order valence-electron chi connectivity index (χ0n) is 16.1. The molecule has 1 unspecified atom stereocenters. The van der Waals surface area contributed by atoms with Crippen molar-refractivity contribution in [2.75, 3.05) is 26.7 Å². The number of halogens is 1. The monoisotopic (exact) mass is 355 g/mol. The van der Waals surface area contributed by atoms with Gasteiger partial charge in [-0.1, -0.05) is 6.08 Å². The SMILES string of the molecule is Cl.[2H][13C]([2H])([2H])Oc1cc2n[nH]nc2cc1C(=O)NCC1CCCN1CC=C. The predicted molar refractivity (Wildman–Crippen MR) is 94.8 cm³/mol. The van der Waals surface area contributed by atoms with E-state index < -0.39 is 12.9 Å². The summed E-state index contributed by atoms with van der Waals surface area (Å²) in [7, 11) is -2.67. The maximum absolute atomic E-state index is 12.7. The summed E-state index contributed by atoms with van der Waals surface area (Å²) in [6.45, 7) is 5.98. The van der Waals surface area contributed by atoms with Gasteiger partial charge in [-0.25, -0.2) is 0 Å². The van der Waals surface area contributed by atoms with Gasteiger partial charge in [-0.3, -0.25) is 9.69 Å². The molecule has 1 amide bonds. The van der Waals surface area contributed by atoms with E-state index in [1.807, 2.05) is 6.08 Å². The fraction of sp³-hybridized carbons (Fsp3) is 0.438. The lowest BCUT2D eigenvalue weighted by atomic mass is 10.1. The Morgan fingerprint density at radius 3 is 3.12 bits per heavy atom. The van der Waals surface area contributed by atoms with Crippen LogP contribution >= 0.6 is 12.4 Å². The van der Waals surface area contributed by atoms with Crippen LogP contribution in [-0.4, -0.2) is 58.9 Å². The van der Waals surface area contributed by atoms with Crippen molar-refractivity contribution in [3.63, 3.8) is 0 Å². The van der Waals surface area contributed by atoms with Crippen LogP contribution in [0, 0.1) is 0 Å². The van der Waals surface area contributed by atoms with Gasteiger partial charge in [0.05, 0.1) is 16.7 Å². The van der Waals surface area contributed by atoms with Crippen LogP contribution in [0.2, 0.25) is 0 Å². The number of fused-ring (bicyclic) bond motifs is 1. The minimum Gasteiger partial charge on any atom is -0.496 e. The van der Waals surface area contributed by atoms with Crippen LogP contribution in [0.3, 0.4) is 0 Å². The number of hydrogen-bond acceptors (Lipinski definition) is 5. The molecule has 3 rings (SSSR count). The van der Waals surface area contributed by atoms with Crippen molar-refractivity contribution in [3.8, 4) is 5.75 Å². The standard InChI is InChI=1S/C16H21N5O2.ClH/c1-3-6-21-7-4-5-11(21)10-17-16(22)12-8-13-14(19-20-18-13)9-15(12)23-2;/h3,8-9,11H,1,4-7,10H2,2H3,(H,17,22)(H,18,19,20);1H/i2+1D3;. The summed E-state index contributed by atoms with van der Waals surface area (Å²) >= 11 is 0. The summed E-state index contributed by atoms with van der Waals surface area (Å²) in [6.07, 6.45) is 3.92. The minimum atomic E-state index is -2.67. The third kappa shape index (κ3) is 3.68. The summed E-state index contributed by atoms with van der Waals surface area (Å²) < 4.78 is 26.9. The smallest absolute Gasteiger partial charge is 0.255 e. The Morgan fingerprint density at radius 1 is 1.58 bits per heavy atom. The van der Waals surface area contributed by atoms with E-state index in [0.717, 1.165) is 25.9 Å². The summed E-state index contributed by atoms with van der Waals surface area (Å²) in [5, 5.41) is 13.2. The number of H-pyrrole nitrogens is 1. The summed E-state index contributed by atoms with van der Waals surface area (Å²) in [6, 6.07) is 3.12. The Kier molecular flexibility index (Phi) is 4.82. The van der Waals surface area contributed by atoms with E-state index in [1.54, 1.807) is 0 Å². The van der Waals surface area contributed by atoms with Crippen molar-refractivity contribution in [2.45, 2.75) is 18.9 Å². The van der Waals surface area contributed by atoms with Crippen LogP contribution in [0.15, 0.2) is 24.8 Å². The maximum Gasteiger partial charge on any atom is 0.255 e. The predicted octanol–water partition coefficient (Wildman–Crippen LogP) is 1.77. The van der Waals surface area contributed by atoms with Crippen molar-refractivity contribution >= 4 is 29.3 Å². The molecule has 2 heterocycles. The van der Waals surface area contributed by atoms with Gasteiger partial charge in [0.25, 0.3) is 5.91 Å². The lowest BCUT2D eigenvalue weighted by Crippen LogP contribution is -2.40. The number of nitrogens with one attached hydrogen (secondary N) is 2. The molecule has 2 N–H and O–H groups in total. The molecule has 1 aromatic carbocycles. The first-order valence-corrected chi connectivity index (χ1v) is 7.54. The molecule has 1 aliphatic heterocycles. The summed E-state index contributed by atoms with van der Waals surface area (Å²) in [5.41, 5.74) is 1.01. The molecule has 0 spiro atoms. The van der Waals surface area contributed by atoms with Crippen molar-refractivity contribution in [3.05, 3.63) is 30.4 Å². The van der Waals surface area contributed by atoms with Crippen molar-refractivity contribution < 1.29 is 13.6 Å². The largest absolute Gasteiger partial charge is 0.496 e. The molecule has 0 bridgehead atoms. The molecule has 1 aliphatic rings. The Hall–Kier alpha value is -2.12. The van der Waals surface area contributed by atoms with Crippen LogP contribution in [0.25, 0.3) is 11.0 Å². The number of hydrogen-bond donors (Lipinski definition) is 2. The Bertz CT molecular complexity index is 811. The topological polar surface area (TPSA) is 83.1 Å². The molecular formula is C16H22ClN5O2. The van der Waals surface area contributed by atoms with Gasteiger partial charge >= 0.3 is 0 Å². The number of likely N-dealkylation sites (tertiary alicyclic amines) is 1. The van der Waals surface area contributed by atoms with E-state index in [4.69, 9.17) is 8.85 Å². The number of carbonyl (C=O) groups excluding carboxylic acids is 1. The zero-order chi connectivity index (χ0) is 18.7. The van der Waals surface area contributed by atoms with Gasteiger partial charge in [-0.05, 0) is 25.5 Å². The number of aromatic amines is 1. The molecule has 2 aromatic rings. The second-order valence-corrected chi connectivity index (χ2v) is 5.55. The van der Waals surface area contributed by atoms with Crippen LogP contribution < -0.4 is 10.1 Å². The highest BCUT2D eigenvalue weighted by Gasteiger charge is 2.24. The van der Waals surface area contributed by atoms with Crippen molar-refractivity contribution in [2.24, 2.45) is 0 Å². The van der Waals surface area contributed by atoms with E-state index in [2.05, 4.69) is 32.2 Å². The van der Waals surface area contributed by atoms with Gasteiger partial charge in [0.15, 0.2) is 0 Å². The summed E-state index contributed by atoms with van der Waals surface area (Å²) in [4.78, 5) is 14.9. The molecule has 8 heteroatoms. The van der Waals surface area contributed by atoms with Crippen LogP contribution in [-0.2, 0) is 0 Å². The molecule has 130 valence electrons. The Labute approximate surface area is 151 Å². The average Bonchev–Trinajstić information content (AvgIpc) is 3.19. The molecule has 1 fully saturated rings. The highest BCUT2D eigenvalue weighted by atomic mass is 35.5. The van der Waals surface area contributed by atoms with Crippen LogP contribution in [0.5, 0.6) is 5.75 Å². The fourth-order valence-corrected chi connectivity index (χ4v) is 2.97. The number of amides is 1. The molecule has 1 atom stereocenters. The average molecular weight is 356 g/mol. The van der Waals surface area contributed by atoms with E-state index in [9.17, 15) is 4.79 Å². The molecule has 0 radical (unpaired) electrons. The number of aromatic nitrogens is 3. The Balaban J connectivity index is 0.00000261. The quantitative estimate of drug-likeness (QED) is 0.609. The van der Waals surface area contributed by atoms with Crippen LogP contribution in [0.4, 0.5) is 0 Å². The third-order valence-corrected chi connectivity index (χ3v) is 4.13. The highest BCUT2D eigenvalue weighted by molar-refractivity contribution is 6.00. The zero-order valence-corrected chi connectivity index (χ0v) is 13.9. The number of benzene rings is 1. The van der Waals surface area contributed by atoms with E-state index in [-0.39, 0.29) is 29.8 Å². The molecular weight excluding hydrogens is 331 g/mol. The number of ether oxygens (including phenoxy) is 1. The number of carbonyl (C=O) groups is 1. The van der Waals surface area contributed by atoms with E-state index >= 15 is 0 Å². The van der Waals surface area contributed by atoms with Gasteiger partial charge in [-0.15, -0.1) is 19.0 Å². The normalized spacial score (nSPS) is 19.8. The third-order valence-electron chi connectivity index (χ3n) is 4.13. The van der Waals surface area contributed by atoms with E-state index in [0.29, 0.717) is 17.6 Å². The molecule has 24 heavy (non-hydrogen) atoms. The minimum absolute atomic E-state index is 0. The molecule has 0 aliphatic carbocycles. The molecule has 1 saturated heterocycles. The van der Waals surface area contributed by atoms with Gasteiger partial charge in [0.1, 0.15) is 16.8 Å². The van der Waals surface area contributed by atoms with Crippen molar-refractivity contribution in [1.29, 1.82) is 0 Å². The van der Waals surface area contributed by atoms with E-state index in [1.165, 1.54) is 12.1 Å². The Morgan fingerprint density at radius 2 is 2.38 bits per heavy atom. The van der Waals surface area contributed by atoms with Gasteiger partial charge in [0.2, 0.25) is 0 Å².